The molecule has 0 radical (unpaired) electrons. The Morgan fingerprint density at radius 2 is 0.740 bits per heavy atom. The number of Topliss-reactive ketones (excluding diaryl/α,β-unsaturated/α-hetero) is 2. The predicted octanol–water partition coefficient (Wildman–Crippen LogP) is 9.94. The summed E-state index contributed by atoms with van der Waals surface area (Å²) in [5.41, 5.74) is -15.2. The second-order valence-electron chi connectivity index (χ2n) is 44.0. The molecular formula is C103H148F3N7O18. The molecule has 5 amide bonds. The fraction of sp³-hybridized carbons (Fsp3) is 0.680. The van der Waals surface area contributed by atoms with Crippen molar-refractivity contribution in [3.63, 3.8) is 0 Å². The van der Waals surface area contributed by atoms with E-state index in [0.717, 1.165) is 46.7 Å². The van der Waals surface area contributed by atoms with Crippen LogP contribution in [0.4, 0.5) is 13.2 Å². The number of piperidine rings is 1. The second kappa shape index (κ2) is 44.1. The van der Waals surface area contributed by atoms with Crippen molar-refractivity contribution in [1.82, 2.24) is 34.5 Å². The van der Waals surface area contributed by atoms with Gasteiger partial charge in [-0.05, 0) is 257 Å². The molecule has 10 rings (SSSR count). The number of nitrogens with zero attached hydrogens (tertiary/aromatic N) is 7. The van der Waals surface area contributed by atoms with Gasteiger partial charge in [-0.3, -0.25) is 38.5 Å². The van der Waals surface area contributed by atoms with Crippen LogP contribution in [0, 0.1) is 155 Å². The zero-order chi connectivity index (χ0) is 102. The summed E-state index contributed by atoms with van der Waals surface area (Å²) in [6.45, 7) is 53.9. The van der Waals surface area contributed by atoms with E-state index in [1.165, 1.54) is 43.4 Å². The number of likely N-dealkylation sites (N-methyl/N-ethyl adjacent to an activating group) is 5. The molecule has 2 aromatic heterocycles. The Balaban J connectivity index is 0.000000499. The van der Waals surface area contributed by atoms with Crippen LogP contribution in [0.15, 0.2) is 35.2 Å². The van der Waals surface area contributed by atoms with E-state index in [-0.39, 0.29) is 85.7 Å². The molecule has 2 saturated carbocycles. The average molecular weight is 1830 g/mol. The average Bonchev–Trinajstić information content (AvgIpc) is 1.60. The van der Waals surface area contributed by atoms with Crippen LogP contribution in [0.5, 0.6) is 0 Å². The van der Waals surface area contributed by atoms with Gasteiger partial charge in [0, 0.05) is 123 Å². The molecule has 10 N–H and O–H groups in total. The molecule has 2 aromatic rings. The second-order valence-corrected chi connectivity index (χ2v) is 44.0. The summed E-state index contributed by atoms with van der Waals surface area (Å²) in [4.78, 5) is 94.7. The zero-order valence-electron chi connectivity index (χ0n) is 83.9. The van der Waals surface area contributed by atoms with Crippen molar-refractivity contribution >= 4 is 41.1 Å². The fourth-order valence-electron chi connectivity index (χ4n) is 12.0. The van der Waals surface area contributed by atoms with E-state index in [2.05, 4.69) is 111 Å². The van der Waals surface area contributed by atoms with E-state index in [0.29, 0.717) is 58.0 Å². The summed E-state index contributed by atoms with van der Waals surface area (Å²) in [6, 6.07) is 3.92. The van der Waals surface area contributed by atoms with E-state index < -0.39 is 98.3 Å². The number of carbonyl (C=O) groups excluding carboxylic acids is 7. The molecule has 724 valence electrons. The van der Waals surface area contributed by atoms with Gasteiger partial charge < -0.3 is 80.0 Å². The number of halogens is 3. The van der Waals surface area contributed by atoms with Gasteiger partial charge in [0.2, 0.25) is 28.3 Å². The number of carbonyl (C=O) groups is 7. The zero-order valence-corrected chi connectivity index (χ0v) is 83.9. The van der Waals surface area contributed by atoms with Crippen LogP contribution in [0.1, 0.15) is 275 Å². The maximum Gasteiger partial charge on any atom is 0.313 e. The van der Waals surface area contributed by atoms with Crippen LogP contribution < -0.4 is 0 Å². The van der Waals surface area contributed by atoms with Gasteiger partial charge >= 0.3 is 5.92 Å². The molecule has 131 heavy (non-hydrogen) atoms. The maximum absolute atomic E-state index is 13.5. The Hall–Kier alpha value is -9.52. The number of pyridine rings is 1. The van der Waals surface area contributed by atoms with E-state index in [1.807, 2.05) is 184 Å². The van der Waals surface area contributed by atoms with Crippen LogP contribution >= 0.6 is 0 Å². The number of aryl methyl sites for hydroxylation is 1. The van der Waals surface area contributed by atoms with Crippen molar-refractivity contribution in [1.29, 1.82) is 0 Å². The lowest BCUT2D eigenvalue weighted by molar-refractivity contribution is -0.153. The smallest absolute Gasteiger partial charge is 0.313 e. The van der Waals surface area contributed by atoms with E-state index in [4.69, 9.17) is 4.42 Å². The Morgan fingerprint density at radius 3 is 1.08 bits per heavy atom. The lowest BCUT2D eigenvalue weighted by Gasteiger charge is -2.32. The minimum absolute atomic E-state index is 0.0900. The molecule has 28 heteroatoms. The SMILES string of the molecule is CC(C)(C)C#CC(C)(O)c1ncco1.CC(C)(C)C#CC1(O)CCCC1=O.CC(C)(C)C#CC1(O)CCCC1=O.CC(C)(C)C#CC1(O)CCc2cccnc21.CN1CC(F)(F)C(O)(C#CC(C)(C)C)C1=O.CN1CC(F)C(O)(C#CC(C)(C)C)C1=O.CN1CC(O)C(O)(C#CC(C)(C)C)C1=O.CN1CCC(O)(C#CC(C)(C)C)C1=O.CN1CCCC(O)(C#CC(C)(C)C)C1=O. The number of aromatic nitrogens is 2. The highest BCUT2D eigenvalue weighted by Gasteiger charge is 2.65. The minimum atomic E-state index is -3.53. The summed E-state index contributed by atoms with van der Waals surface area (Å²) >= 11 is 0. The molecule has 7 fully saturated rings. The van der Waals surface area contributed by atoms with Crippen molar-refractivity contribution in [2.24, 2.45) is 48.7 Å². The number of rotatable bonds is 1. The van der Waals surface area contributed by atoms with Gasteiger partial charge in [0.05, 0.1) is 31.5 Å². The molecule has 0 aromatic carbocycles. The molecule has 5 saturated heterocycles. The quantitative estimate of drug-likeness (QED) is 0.119. The molecule has 0 spiro atoms. The number of fused-ring (bicyclic) bond motifs is 1. The number of hydrogen-bond donors (Lipinski definition) is 10. The Kier molecular flexibility index (Phi) is 39.6. The monoisotopic (exact) mass is 1830 g/mol. The summed E-state index contributed by atoms with van der Waals surface area (Å²) in [6.07, 6.45) is 8.47. The first-order chi connectivity index (χ1) is 58.7. The van der Waals surface area contributed by atoms with Gasteiger partial charge in [0.15, 0.2) is 40.1 Å². The molecule has 7 heterocycles. The number of oxazole rings is 1. The first-order valence-corrected chi connectivity index (χ1v) is 44.0. The van der Waals surface area contributed by atoms with Crippen molar-refractivity contribution in [3.8, 4) is 107 Å². The summed E-state index contributed by atoms with van der Waals surface area (Å²) < 4.78 is 45.3. The standard InChI is InChI=1S/C14H17NO.C12H19NO2.C11H15F2NO2.C11H16FNO2.C11H17NO3.C11H17NO2.C11H15NO2.2C11H16O2/c1-13(2,3)8-9-14(16)7-6-11-5-4-10-15-12(11)14;1-11(2,3)7-8-12(15)6-5-9-13(4)10(12)14;1-9(2,3)5-6-10(16)8(15)14(4)7-11(10,12)13;1-10(2,3)5-6-11(15)8(12)7-13(4)9(11)14;1-10(2,3)5-6-11(15)8(13)7-12(4)9(11)14;1-10(2,3)5-6-11(14)7-8-12(4)9(11)13;1-10(2,3)5-6-11(4,13)9-12-7-8-14-9;2*1-10(2,3)7-8-11(13)6-4-5-9(11)12/h4-5,10,16H,6-7H2,1-3H3;15H,5-6,9H2,1-4H3;16H,7H2,1-4H3;8,15H,7H2,1-4H3;8,13,15H,7H2,1-4H3;14H,7-8H2,1-4H3;7-8,13H,1-4H3;2*13H,4-6H2,1-3H3. The summed E-state index contributed by atoms with van der Waals surface area (Å²) in [7, 11) is 7.57. The molecule has 5 aliphatic heterocycles. The van der Waals surface area contributed by atoms with Crippen LogP contribution in [0.2, 0.25) is 0 Å². The Labute approximate surface area is 778 Å². The van der Waals surface area contributed by atoms with Crippen LogP contribution in [0.3, 0.4) is 0 Å². The third-order valence-corrected chi connectivity index (χ3v) is 19.5. The number of likely N-dealkylation sites (tertiary alicyclic amines) is 5. The highest BCUT2D eigenvalue weighted by atomic mass is 19.3. The Morgan fingerprint density at radius 1 is 0.382 bits per heavy atom. The molecule has 25 nitrogen and oxygen atoms in total. The number of aliphatic hydroxyl groups is 10. The minimum Gasteiger partial charge on any atom is -0.445 e. The number of amides is 5. The normalized spacial score (nSPS) is 27.0. The van der Waals surface area contributed by atoms with Gasteiger partial charge in [-0.1, -0.05) is 113 Å². The van der Waals surface area contributed by atoms with Crippen molar-refractivity contribution in [2.45, 2.75) is 333 Å². The lowest BCUT2D eigenvalue weighted by Crippen LogP contribution is -2.51. The van der Waals surface area contributed by atoms with Crippen LogP contribution in [-0.2, 0) is 51.2 Å². The summed E-state index contributed by atoms with van der Waals surface area (Å²) in [5, 5.41) is 99.1. The molecular weight excluding hydrogens is 1680 g/mol. The highest BCUT2D eigenvalue weighted by molar-refractivity contribution is 5.95. The first-order valence-electron chi connectivity index (χ1n) is 44.0. The van der Waals surface area contributed by atoms with Gasteiger partial charge in [0.1, 0.15) is 12.4 Å². The van der Waals surface area contributed by atoms with Crippen molar-refractivity contribution in [3.05, 3.63) is 47.9 Å². The van der Waals surface area contributed by atoms with E-state index >= 15 is 0 Å². The van der Waals surface area contributed by atoms with Gasteiger partial charge in [-0.15, -0.1) is 0 Å². The lowest BCUT2D eigenvalue weighted by atomic mass is 9.90. The topological polar surface area (TPSA) is 377 Å². The first kappa shape index (κ1) is 118. The number of alkyl halides is 3. The summed E-state index contributed by atoms with van der Waals surface area (Å²) in [5.74, 6) is 42.8. The number of aliphatic hydroxyl groups excluding tert-OH is 1. The third-order valence-electron chi connectivity index (χ3n) is 19.5. The Bertz CT molecular complexity index is 4870. The van der Waals surface area contributed by atoms with Gasteiger partial charge in [0.25, 0.3) is 35.1 Å². The predicted molar refractivity (Wildman–Crippen MR) is 498 cm³/mol. The molecule has 8 aliphatic rings. The highest BCUT2D eigenvalue weighted by Crippen LogP contribution is 2.39. The maximum atomic E-state index is 13.5. The molecule has 11 unspecified atom stereocenters. The van der Waals surface area contributed by atoms with E-state index in [1.54, 1.807) is 52.9 Å². The third kappa shape index (κ3) is 37.5. The van der Waals surface area contributed by atoms with Gasteiger partial charge in [-0.25, -0.2) is 9.37 Å². The number of β-amino-alcohol motifs (C(OH)–C–C–N with tert-alkyl or cyclic N) is 1. The number of hydrogen-bond acceptors (Lipinski definition) is 20. The fourth-order valence-corrected chi connectivity index (χ4v) is 12.0. The van der Waals surface area contributed by atoms with Crippen LogP contribution in [-0.4, -0.2) is 252 Å². The van der Waals surface area contributed by atoms with Crippen molar-refractivity contribution < 1.29 is 102 Å². The van der Waals surface area contributed by atoms with Crippen molar-refractivity contribution in [2.75, 3.05) is 68.0 Å². The van der Waals surface area contributed by atoms with E-state index in [9.17, 15) is 97.8 Å². The largest absolute Gasteiger partial charge is 0.445 e. The molecule has 0 bridgehead atoms. The molecule has 11 atom stereocenters. The van der Waals surface area contributed by atoms with Crippen LogP contribution in [0.25, 0.3) is 0 Å². The molecule has 3 aliphatic carbocycles. The van der Waals surface area contributed by atoms with Gasteiger partial charge in [-0.2, -0.15) is 8.78 Å². The number of ketones is 2.